The van der Waals surface area contributed by atoms with Gasteiger partial charge in [0.2, 0.25) is 11.8 Å². The van der Waals surface area contributed by atoms with Gasteiger partial charge in [-0.25, -0.2) is 9.37 Å². The standard InChI is InChI=1S/C26H28F4N8O3/c1-3-19-25(41-20-11-15(5-6-18(20)27)33-21(39)4-2)36-24(22(35-19)23(31)40)34-16-12-32-38(13-16)17-7-9-37(10-8-17)14-26(28,29)30/h4-6,11-13,17H,2-3,7-10,14H2,1H3,(H2,31,40)(H,33,39)(H,34,36). The van der Waals surface area contributed by atoms with Gasteiger partial charge in [-0.3, -0.25) is 19.2 Å². The molecule has 15 heteroatoms. The number of carbonyl (C=O) groups is 2. The van der Waals surface area contributed by atoms with Gasteiger partial charge in [0.05, 0.1) is 24.5 Å². The molecule has 41 heavy (non-hydrogen) atoms. The van der Waals surface area contributed by atoms with E-state index in [-0.39, 0.29) is 60.1 Å². The summed E-state index contributed by atoms with van der Waals surface area (Å²) >= 11 is 0. The van der Waals surface area contributed by atoms with E-state index >= 15 is 0 Å². The summed E-state index contributed by atoms with van der Waals surface area (Å²) in [5.41, 5.74) is 6.25. The molecule has 3 heterocycles. The van der Waals surface area contributed by atoms with E-state index in [9.17, 15) is 27.2 Å². The number of aryl methyl sites for hydroxylation is 1. The normalized spacial score (nSPS) is 14.5. The topological polar surface area (TPSA) is 140 Å². The molecule has 218 valence electrons. The fourth-order valence-corrected chi connectivity index (χ4v) is 4.32. The van der Waals surface area contributed by atoms with Crippen molar-refractivity contribution >= 4 is 29.0 Å². The number of nitrogens with zero attached hydrogens (tertiary/aromatic N) is 5. The fraction of sp³-hybridized carbons (Fsp3) is 0.346. The molecule has 1 aromatic carbocycles. The van der Waals surface area contributed by atoms with Gasteiger partial charge in [0, 0.05) is 31.0 Å². The summed E-state index contributed by atoms with van der Waals surface area (Å²) in [7, 11) is 0. The van der Waals surface area contributed by atoms with Gasteiger partial charge in [0.1, 0.15) is 5.69 Å². The van der Waals surface area contributed by atoms with E-state index in [1.165, 1.54) is 23.2 Å². The monoisotopic (exact) mass is 576 g/mol. The molecule has 4 rings (SSSR count). The van der Waals surface area contributed by atoms with Gasteiger partial charge >= 0.3 is 6.18 Å². The highest BCUT2D eigenvalue weighted by Gasteiger charge is 2.33. The number of rotatable bonds is 10. The first-order valence-corrected chi connectivity index (χ1v) is 12.7. The van der Waals surface area contributed by atoms with Crippen LogP contribution in [0.3, 0.4) is 0 Å². The molecule has 2 aromatic heterocycles. The summed E-state index contributed by atoms with van der Waals surface area (Å²) in [6, 6.07) is 3.59. The summed E-state index contributed by atoms with van der Waals surface area (Å²) < 4.78 is 60.0. The number of nitrogens with two attached hydrogens (primary N) is 1. The van der Waals surface area contributed by atoms with Crippen LogP contribution in [0.5, 0.6) is 11.6 Å². The van der Waals surface area contributed by atoms with E-state index in [0.717, 1.165) is 12.1 Å². The van der Waals surface area contributed by atoms with E-state index in [4.69, 9.17) is 10.5 Å². The molecule has 0 radical (unpaired) electrons. The lowest BCUT2D eigenvalue weighted by Gasteiger charge is -2.32. The Kier molecular flexibility index (Phi) is 8.86. The quantitative estimate of drug-likeness (QED) is 0.239. The van der Waals surface area contributed by atoms with Gasteiger partial charge in [0.25, 0.3) is 5.91 Å². The minimum atomic E-state index is -4.25. The third kappa shape index (κ3) is 7.57. The second kappa shape index (κ2) is 12.3. The van der Waals surface area contributed by atoms with Crippen LogP contribution in [0.4, 0.5) is 34.8 Å². The highest BCUT2D eigenvalue weighted by atomic mass is 19.4. The minimum absolute atomic E-state index is 0.0687. The zero-order chi connectivity index (χ0) is 29.7. The molecule has 4 N–H and O–H groups in total. The number of aromatic nitrogens is 4. The van der Waals surface area contributed by atoms with Crippen LogP contribution in [0.15, 0.2) is 43.2 Å². The highest BCUT2D eigenvalue weighted by Crippen LogP contribution is 2.32. The average Bonchev–Trinajstić information content (AvgIpc) is 3.38. The summed E-state index contributed by atoms with van der Waals surface area (Å²) in [5, 5.41) is 9.75. The Morgan fingerprint density at radius 3 is 2.59 bits per heavy atom. The van der Waals surface area contributed by atoms with Crippen LogP contribution < -0.4 is 21.1 Å². The number of hydrogen-bond donors (Lipinski definition) is 3. The summed E-state index contributed by atoms with van der Waals surface area (Å²) in [6.07, 6.45) is 1.13. The van der Waals surface area contributed by atoms with Crippen LogP contribution in [0.2, 0.25) is 0 Å². The van der Waals surface area contributed by atoms with E-state index in [2.05, 4.69) is 32.3 Å². The van der Waals surface area contributed by atoms with Crippen molar-refractivity contribution in [2.24, 2.45) is 5.73 Å². The van der Waals surface area contributed by atoms with Crippen LogP contribution in [-0.4, -0.2) is 62.3 Å². The Labute approximate surface area is 232 Å². The van der Waals surface area contributed by atoms with Gasteiger partial charge in [-0.15, -0.1) is 0 Å². The molecule has 0 unspecified atom stereocenters. The molecular weight excluding hydrogens is 548 g/mol. The third-order valence-electron chi connectivity index (χ3n) is 6.29. The number of amides is 2. The van der Waals surface area contributed by atoms with Crippen molar-refractivity contribution in [3.8, 4) is 11.6 Å². The molecule has 2 amide bonds. The van der Waals surface area contributed by atoms with E-state index in [0.29, 0.717) is 18.5 Å². The number of benzene rings is 1. The zero-order valence-electron chi connectivity index (χ0n) is 22.0. The first-order valence-electron chi connectivity index (χ1n) is 12.7. The highest BCUT2D eigenvalue weighted by molar-refractivity contribution is 5.99. The molecule has 1 fully saturated rings. The summed E-state index contributed by atoms with van der Waals surface area (Å²) in [6.45, 7) is 4.71. The molecule has 0 aliphatic carbocycles. The maximum Gasteiger partial charge on any atom is 0.401 e. The van der Waals surface area contributed by atoms with Crippen molar-refractivity contribution in [1.29, 1.82) is 0 Å². The Bertz CT molecular complexity index is 1430. The van der Waals surface area contributed by atoms with Crippen LogP contribution in [0.25, 0.3) is 0 Å². The first kappa shape index (κ1) is 29.5. The molecule has 0 spiro atoms. The van der Waals surface area contributed by atoms with Crippen LogP contribution in [-0.2, 0) is 11.2 Å². The Morgan fingerprint density at radius 1 is 1.22 bits per heavy atom. The lowest BCUT2D eigenvalue weighted by atomic mass is 10.1. The van der Waals surface area contributed by atoms with Crippen molar-refractivity contribution in [3.63, 3.8) is 0 Å². The SMILES string of the molecule is C=CC(=O)Nc1ccc(F)c(Oc2nc(Nc3cnn(C4CCN(CC(F)(F)F)CC4)c3)c(C(N)=O)nc2CC)c1. The number of halogens is 4. The summed E-state index contributed by atoms with van der Waals surface area (Å²) in [5.74, 6) is -2.52. The number of nitrogens with one attached hydrogen (secondary N) is 2. The summed E-state index contributed by atoms with van der Waals surface area (Å²) in [4.78, 5) is 33.8. The van der Waals surface area contributed by atoms with Gasteiger partial charge in [-0.2, -0.15) is 23.3 Å². The maximum atomic E-state index is 14.6. The lowest BCUT2D eigenvalue weighted by Crippen LogP contribution is -2.40. The number of ether oxygens (including phenoxy) is 1. The van der Waals surface area contributed by atoms with Crippen LogP contribution in [0, 0.1) is 5.82 Å². The Hall–Kier alpha value is -4.53. The van der Waals surface area contributed by atoms with Crippen molar-refractivity contribution in [2.75, 3.05) is 30.3 Å². The Morgan fingerprint density at radius 2 is 1.95 bits per heavy atom. The van der Waals surface area contributed by atoms with Crippen LogP contribution in [0.1, 0.15) is 42.0 Å². The molecule has 0 bridgehead atoms. The predicted octanol–water partition coefficient (Wildman–Crippen LogP) is 4.33. The van der Waals surface area contributed by atoms with Gasteiger partial charge in [-0.1, -0.05) is 13.5 Å². The minimum Gasteiger partial charge on any atom is -0.434 e. The van der Waals surface area contributed by atoms with Gasteiger partial charge < -0.3 is 21.1 Å². The number of carbonyl (C=O) groups excluding carboxylic acids is 2. The maximum absolute atomic E-state index is 14.6. The second-order valence-electron chi connectivity index (χ2n) is 9.29. The lowest BCUT2D eigenvalue weighted by molar-refractivity contribution is -0.148. The fourth-order valence-electron chi connectivity index (χ4n) is 4.32. The van der Waals surface area contributed by atoms with Crippen molar-refractivity contribution in [3.05, 3.63) is 60.5 Å². The van der Waals surface area contributed by atoms with E-state index < -0.39 is 30.4 Å². The van der Waals surface area contributed by atoms with Crippen molar-refractivity contribution in [1.82, 2.24) is 24.6 Å². The van der Waals surface area contributed by atoms with Crippen molar-refractivity contribution < 1.29 is 31.9 Å². The molecule has 3 aromatic rings. The van der Waals surface area contributed by atoms with Crippen LogP contribution >= 0.6 is 0 Å². The van der Waals surface area contributed by atoms with Gasteiger partial charge in [-0.05, 0) is 37.5 Å². The molecule has 0 saturated carbocycles. The molecule has 11 nitrogen and oxygen atoms in total. The van der Waals surface area contributed by atoms with Crippen molar-refractivity contribution in [2.45, 2.75) is 38.4 Å². The molecule has 1 aliphatic rings. The second-order valence-corrected chi connectivity index (χ2v) is 9.29. The number of likely N-dealkylation sites (tertiary alicyclic amines) is 1. The number of anilines is 3. The number of piperidine rings is 1. The molecular formula is C26H28F4N8O3. The molecule has 1 aliphatic heterocycles. The molecule has 0 atom stereocenters. The number of alkyl halides is 3. The average molecular weight is 577 g/mol. The zero-order valence-corrected chi connectivity index (χ0v) is 22.0. The largest absolute Gasteiger partial charge is 0.434 e. The smallest absolute Gasteiger partial charge is 0.401 e. The third-order valence-corrected chi connectivity index (χ3v) is 6.29. The van der Waals surface area contributed by atoms with E-state index in [1.807, 2.05) is 0 Å². The van der Waals surface area contributed by atoms with Gasteiger partial charge in [0.15, 0.2) is 23.1 Å². The predicted molar refractivity (Wildman–Crippen MR) is 142 cm³/mol. The first-order chi connectivity index (χ1) is 19.5. The van der Waals surface area contributed by atoms with E-state index in [1.54, 1.807) is 17.8 Å². The number of hydrogen-bond acceptors (Lipinski definition) is 8. The number of primary amides is 1. The Balaban J connectivity index is 1.55. The molecule has 1 saturated heterocycles.